The van der Waals surface area contributed by atoms with Crippen molar-refractivity contribution in [2.75, 3.05) is 11.5 Å². The number of rotatable bonds is 7. The van der Waals surface area contributed by atoms with E-state index < -0.39 is 40.9 Å². The van der Waals surface area contributed by atoms with Crippen LogP contribution >= 0.6 is 0 Å². The largest absolute Gasteiger partial charge is 0.480 e. The highest BCUT2D eigenvalue weighted by Crippen LogP contribution is 2.36. The van der Waals surface area contributed by atoms with Crippen molar-refractivity contribution in [2.24, 2.45) is 0 Å². The summed E-state index contributed by atoms with van der Waals surface area (Å²) in [5, 5.41) is 0. The molecule has 0 amide bonds. The third kappa shape index (κ3) is 8.87. The first-order valence-electron chi connectivity index (χ1n) is 7.40. The van der Waals surface area contributed by atoms with Crippen LogP contribution in [0.25, 0.3) is 4.13 Å². The van der Waals surface area contributed by atoms with Crippen molar-refractivity contribution in [3.63, 3.8) is 0 Å². The first-order chi connectivity index (χ1) is 12.8. The van der Waals surface area contributed by atoms with Crippen molar-refractivity contribution < 1.29 is 56.2 Å². The quantitative estimate of drug-likeness (QED) is 0.413. The number of nitrogens with zero attached hydrogens (tertiary/aromatic N) is 3. The maximum Gasteiger partial charge on any atom is 0.480 e. The average Bonchev–Trinajstić information content (AvgIpc) is 2.99. The molecule has 1 aromatic rings. The number of hydrogen-bond donors (Lipinski definition) is 0. The highest BCUT2D eigenvalue weighted by atomic mass is 32.3. The van der Waals surface area contributed by atoms with Gasteiger partial charge in [0.15, 0.2) is 29.9 Å². The molecule has 1 rings (SSSR count). The molecule has 0 aliphatic carbocycles. The molecule has 0 aromatic carbocycles. The molecule has 0 atom stereocenters. The number of alkyl halides is 6. The molecule has 1 heterocycles. The summed E-state index contributed by atoms with van der Waals surface area (Å²) < 4.78 is 136. The second-order valence-corrected chi connectivity index (χ2v) is 11.0. The van der Waals surface area contributed by atoms with Crippen LogP contribution in [-0.2, 0) is 43.0 Å². The Morgan fingerprint density at radius 2 is 1.34 bits per heavy atom. The van der Waals surface area contributed by atoms with Crippen molar-refractivity contribution in [1.82, 2.24) is 4.57 Å². The van der Waals surface area contributed by atoms with Crippen molar-refractivity contribution in [2.45, 2.75) is 38.0 Å². The molecule has 0 fully saturated rings. The number of hydrogen-bond acceptors (Lipinski definition) is 6. The van der Waals surface area contributed by atoms with Crippen LogP contribution < -0.4 is 4.57 Å². The molecule has 0 bridgehead atoms. The van der Waals surface area contributed by atoms with E-state index in [1.54, 1.807) is 6.92 Å². The predicted molar refractivity (Wildman–Crippen MR) is 87.9 cm³/mol. The Morgan fingerprint density at radius 3 is 1.66 bits per heavy atom. The van der Waals surface area contributed by atoms with E-state index in [1.165, 1.54) is 0 Å². The Labute approximate surface area is 163 Å². The molecule has 18 heteroatoms. The normalized spacial score (nSPS) is 13.7. The van der Waals surface area contributed by atoms with Crippen molar-refractivity contribution >= 4 is 29.9 Å². The monoisotopic (exact) mass is 497 g/mol. The first kappa shape index (κ1) is 27.6. The summed E-state index contributed by atoms with van der Waals surface area (Å²) in [6, 6.07) is 0. The maximum atomic E-state index is 11.4. The van der Waals surface area contributed by atoms with E-state index in [0.717, 1.165) is 10.7 Å². The minimum absolute atomic E-state index is 0.224. The molecule has 0 spiro atoms. The SMILES string of the molecule is CCn1cc[n+](CCS(=O)(=O)CC)c1.O=S(=O)([N-]S(=O)(=O)C(F)(F)F)C(F)(F)F. The lowest BCUT2D eigenvalue weighted by Crippen LogP contribution is -2.35. The first-order valence-corrected chi connectivity index (χ1v) is 12.1. The third-order valence-electron chi connectivity index (χ3n) is 2.99. The Balaban J connectivity index is 0.000000541. The number of aryl methyl sites for hydroxylation is 2. The van der Waals surface area contributed by atoms with Crippen LogP contribution in [0.3, 0.4) is 0 Å². The topological polar surface area (TPSA) is 125 Å². The van der Waals surface area contributed by atoms with E-state index in [2.05, 4.69) is 0 Å². The van der Waals surface area contributed by atoms with Crippen molar-refractivity contribution in [1.29, 1.82) is 0 Å². The second kappa shape index (κ2) is 9.61. The molecule has 0 aliphatic rings. The van der Waals surface area contributed by atoms with Gasteiger partial charge in [0.25, 0.3) is 0 Å². The summed E-state index contributed by atoms with van der Waals surface area (Å²) in [5.74, 6) is 0.448. The number of aromatic nitrogens is 2. The molecular formula is C11H17F6N3O6S3. The number of halogens is 6. The van der Waals surface area contributed by atoms with Gasteiger partial charge in [-0.1, -0.05) is 6.92 Å². The number of sulfonamides is 2. The fourth-order valence-electron chi connectivity index (χ4n) is 1.36. The Hall–Kier alpha value is -1.40. The fraction of sp³-hybridized carbons (Fsp3) is 0.727. The fourth-order valence-corrected chi connectivity index (χ4v) is 3.85. The van der Waals surface area contributed by atoms with Gasteiger partial charge >= 0.3 is 11.0 Å². The van der Waals surface area contributed by atoms with Crippen LogP contribution in [0, 0.1) is 0 Å². The zero-order valence-electron chi connectivity index (χ0n) is 14.8. The predicted octanol–water partition coefficient (Wildman–Crippen LogP) is 1.29. The zero-order valence-corrected chi connectivity index (χ0v) is 17.3. The molecule has 1 aromatic heterocycles. The van der Waals surface area contributed by atoms with Crippen molar-refractivity contribution in [3.05, 3.63) is 22.8 Å². The minimum atomic E-state index is -6.72. The molecule has 0 radical (unpaired) electrons. The van der Waals surface area contributed by atoms with Crippen LogP contribution in [-0.4, -0.2) is 52.3 Å². The molecule has 0 N–H and O–H groups in total. The summed E-state index contributed by atoms with van der Waals surface area (Å²) in [7, 11) is -16.3. The Bertz CT molecular complexity index is 938. The summed E-state index contributed by atoms with van der Waals surface area (Å²) in [6.45, 7) is 5.18. The van der Waals surface area contributed by atoms with Crippen LogP contribution in [0.2, 0.25) is 0 Å². The van der Waals surface area contributed by atoms with Crippen LogP contribution in [0.15, 0.2) is 18.7 Å². The summed E-state index contributed by atoms with van der Waals surface area (Å²) in [4.78, 5) is 0. The minimum Gasteiger partial charge on any atom is -0.421 e. The van der Waals surface area contributed by atoms with E-state index >= 15 is 0 Å². The average molecular weight is 497 g/mol. The summed E-state index contributed by atoms with van der Waals surface area (Å²) >= 11 is 0. The lowest BCUT2D eigenvalue weighted by Gasteiger charge is -2.22. The number of sulfone groups is 1. The maximum absolute atomic E-state index is 11.4. The van der Waals surface area contributed by atoms with E-state index in [0.29, 0.717) is 6.54 Å². The van der Waals surface area contributed by atoms with Gasteiger partial charge in [-0.15, -0.1) is 0 Å². The lowest BCUT2D eigenvalue weighted by molar-refractivity contribution is -0.692. The summed E-state index contributed by atoms with van der Waals surface area (Å²) in [6.07, 6.45) is 5.76. The van der Waals surface area contributed by atoms with Gasteiger partial charge in [-0.25, -0.2) is 34.4 Å². The van der Waals surface area contributed by atoms with Gasteiger partial charge in [-0.3, -0.25) is 0 Å². The van der Waals surface area contributed by atoms with E-state index in [1.807, 2.05) is 34.8 Å². The lowest BCUT2D eigenvalue weighted by atomic mass is 10.7. The number of imidazole rings is 1. The van der Waals surface area contributed by atoms with E-state index in [4.69, 9.17) is 0 Å². The van der Waals surface area contributed by atoms with E-state index in [-0.39, 0.29) is 11.5 Å². The molecule has 9 nitrogen and oxygen atoms in total. The molecule has 29 heavy (non-hydrogen) atoms. The van der Waals surface area contributed by atoms with Crippen LogP contribution in [0.1, 0.15) is 13.8 Å². The summed E-state index contributed by atoms with van der Waals surface area (Å²) in [5.41, 5.74) is -12.4. The molecular weight excluding hydrogens is 480 g/mol. The Morgan fingerprint density at radius 1 is 0.897 bits per heavy atom. The van der Waals surface area contributed by atoms with Gasteiger partial charge in [-0.2, -0.15) is 26.3 Å². The Kier molecular flexibility index (Phi) is 9.14. The van der Waals surface area contributed by atoms with Crippen LogP contribution in [0.4, 0.5) is 26.3 Å². The second-order valence-electron chi connectivity index (χ2n) is 5.13. The smallest absolute Gasteiger partial charge is 0.421 e. The zero-order chi connectivity index (χ0) is 23.3. The van der Waals surface area contributed by atoms with Gasteiger partial charge in [0, 0.05) is 5.75 Å². The van der Waals surface area contributed by atoms with Crippen LogP contribution in [0.5, 0.6) is 0 Å². The van der Waals surface area contributed by atoms with Gasteiger partial charge in [0.2, 0.25) is 6.33 Å². The third-order valence-corrected chi connectivity index (χ3v) is 7.42. The molecule has 0 aliphatic heterocycles. The van der Waals surface area contributed by atoms with E-state index in [9.17, 15) is 51.6 Å². The van der Waals surface area contributed by atoms with Gasteiger partial charge in [-0.05, 0) is 6.92 Å². The molecule has 172 valence electrons. The molecule has 0 saturated carbocycles. The standard InChI is InChI=1S/C9H17N2O2S.C2F6NO4S2/c1-3-10-5-6-11(9-10)7-8-14(12,13)4-2;3-1(4,5)14(10,11)9-15(12,13)2(6,7)8/h5-6,9H,3-4,7-8H2,1-2H3;/q+1;-1. The van der Waals surface area contributed by atoms with Gasteiger partial charge < -0.3 is 4.13 Å². The van der Waals surface area contributed by atoms with Crippen molar-refractivity contribution in [3.8, 4) is 0 Å². The highest BCUT2D eigenvalue weighted by Gasteiger charge is 2.46. The van der Waals surface area contributed by atoms with Gasteiger partial charge in [0.1, 0.15) is 18.9 Å². The van der Waals surface area contributed by atoms with Gasteiger partial charge in [0.05, 0.1) is 12.3 Å². The molecule has 0 saturated heterocycles. The molecule has 0 unspecified atom stereocenters. The highest BCUT2D eigenvalue weighted by molar-refractivity contribution is 8.13.